The molecule has 2 aromatic carbocycles. The van der Waals surface area contributed by atoms with Crippen LogP contribution in [0.15, 0.2) is 47.2 Å². The van der Waals surface area contributed by atoms with Crippen LogP contribution in [0.2, 0.25) is 5.02 Å². The Bertz CT molecular complexity index is 843. The van der Waals surface area contributed by atoms with Gasteiger partial charge in [0.15, 0.2) is 11.5 Å². The Hall–Kier alpha value is -2.66. The number of ether oxygens (including phenoxy) is 3. The van der Waals surface area contributed by atoms with Crippen molar-refractivity contribution >= 4 is 11.6 Å². The summed E-state index contributed by atoms with van der Waals surface area (Å²) in [7, 11) is 4.74. The average molecular weight is 346 g/mol. The molecule has 0 unspecified atom stereocenters. The Labute approximate surface area is 144 Å². The van der Waals surface area contributed by atoms with Crippen molar-refractivity contribution in [3.63, 3.8) is 0 Å². The first kappa shape index (κ1) is 16.2. The molecule has 0 radical (unpaired) electrons. The summed E-state index contributed by atoms with van der Waals surface area (Å²) in [4.78, 5) is 0. The minimum Gasteiger partial charge on any atom is -0.497 e. The molecular weight excluding hydrogens is 330 g/mol. The Morgan fingerprint density at radius 3 is 2.29 bits per heavy atom. The predicted octanol–water partition coefficient (Wildman–Crippen LogP) is 4.69. The van der Waals surface area contributed by atoms with E-state index in [1.165, 1.54) is 0 Å². The lowest BCUT2D eigenvalue weighted by Gasteiger charge is -2.14. The third kappa shape index (κ3) is 2.90. The molecule has 3 rings (SSSR count). The van der Waals surface area contributed by atoms with Gasteiger partial charge in [0.1, 0.15) is 17.7 Å². The highest BCUT2D eigenvalue weighted by Gasteiger charge is 2.21. The van der Waals surface area contributed by atoms with Crippen LogP contribution < -0.4 is 14.2 Å². The highest BCUT2D eigenvalue weighted by Crippen LogP contribution is 2.44. The third-order valence-corrected chi connectivity index (χ3v) is 3.92. The van der Waals surface area contributed by atoms with E-state index in [1.54, 1.807) is 33.7 Å². The minimum absolute atomic E-state index is 0.553. The summed E-state index contributed by atoms with van der Waals surface area (Å²) < 4.78 is 21.5. The van der Waals surface area contributed by atoms with Crippen molar-refractivity contribution < 1.29 is 18.7 Å². The molecule has 0 amide bonds. The molecule has 0 fully saturated rings. The lowest BCUT2D eigenvalue weighted by molar-refractivity contribution is 0.349. The summed E-state index contributed by atoms with van der Waals surface area (Å²) in [5.41, 5.74) is 3.10. The summed E-state index contributed by atoms with van der Waals surface area (Å²) in [5, 5.41) is 4.81. The summed E-state index contributed by atoms with van der Waals surface area (Å²) in [6, 6.07) is 11.0. The van der Waals surface area contributed by atoms with Crippen molar-refractivity contribution in [1.82, 2.24) is 5.16 Å². The zero-order valence-electron chi connectivity index (χ0n) is 13.5. The largest absolute Gasteiger partial charge is 0.497 e. The lowest BCUT2D eigenvalue weighted by atomic mass is 10.0. The number of hydrogen-bond acceptors (Lipinski definition) is 5. The van der Waals surface area contributed by atoms with E-state index in [1.807, 2.05) is 30.3 Å². The van der Waals surface area contributed by atoms with Gasteiger partial charge in [-0.15, -0.1) is 0 Å². The van der Waals surface area contributed by atoms with Crippen LogP contribution in [-0.4, -0.2) is 26.5 Å². The van der Waals surface area contributed by atoms with Gasteiger partial charge in [-0.2, -0.15) is 0 Å². The number of aromatic nitrogens is 1. The van der Waals surface area contributed by atoms with Gasteiger partial charge in [0.05, 0.1) is 26.9 Å². The summed E-state index contributed by atoms with van der Waals surface area (Å²) in [6.45, 7) is 0. The van der Waals surface area contributed by atoms with Gasteiger partial charge in [0.25, 0.3) is 0 Å². The Kier molecular flexibility index (Phi) is 4.62. The number of nitrogens with zero attached hydrogens (tertiary/aromatic N) is 1. The van der Waals surface area contributed by atoms with Gasteiger partial charge >= 0.3 is 0 Å². The molecule has 0 spiro atoms. The van der Waals surface area contributed by atoms with Crippen molar-refractivity contribution in [3.05, 3.63) is 47.7 Å². The molecule has 0 aliphatic carbocycles. The van der Waals surface area contributed by atoms with Crippen LogP contribution in [0.3, 0.4) is 0 Å². The molecule has 6 heteroatoms. The lowest BCUT2D eigenvalue weighted by Crippen LogP contribution is -1.96. The van der Waals surface area contributed by atoms with Crippen molar-refractivity contribution in [2.24, 2.45) is 0 Å². The van der Waals surface area contributed by atoms with Crippen LogP contribution in [0.25, 0.3) is 22.4 Å². The number of methoxy groups -OCH3 is 3. The second-order valence-electron chi connectivity index (χ2n) is 4.99. The normalized spacial score (nSPS) is 10.5. The third-order valence-electron chi connectivity index (χ3n) is 3.67. The van der Waals surface area contributed by atoms with Crippen LogP contribution in [0, 0.1) is 0 Å². The van der Waals surface area contributed by atoms with Gasteiger partial charge in [-0.3, -0.25) is 0 Å². The van der Waals surface area contributed by atoms with E-state index in [0.29, 0.717) is 33.5 Å². The van der Waals surface area contributed by atoms with Crippen LogP contribution in [-0.2, 0) is 0 Å². The van der Waals surface area contributed by atoms with Crippen molar-refractivity contribution in [1.29, 1.82) is 0 Å². The van der Waals surface area contributed by atoms with Crippen LogP contribution in [0.5, 0.6) is 17.2 Å². The van der Waals surface area contributed by atoms with Crippen LogP contribution >= 0.6 is 11.6 Å². The molecule has 24 heavy (non-hydrogen) atoms. The molecule has 1 aromatic heterocycles. The van der Waals surface area contributed by atoms with E-state index in [9.17, 15) is 0 Å². The van der Waals surface area contributed by atoms with Crippen molar-refractivity contribution in [3.8, 4) is 39.6 Å². The highest BCUT2D eigenvalue weighted by molar-refractivity contribution is 6.30. The smallest absolute Gasteiger partial charge is 0.170 e. The maximum Gasteiger partial charge on any atom is 0.170 e. The first-order valence-corrected chi connectivity index (χ1v) is 7.56. The summed E-state index contributed by atoms with van der Waals surface area (Å²) in [5.74, 6) is 1.74. The number of hydrogen-bond donors (Lipinski definition) is 0. The number of rotatable bonds is 5. The molecule has 0 saturated heterocycles. The van der Waals surface area contributed by atoms with Gasteiger partial charge in [0, 0.05) is 16.7 Å². The van der Waals surface area contributed by atoms with Gasteiger partial charge < -0.3 is 18.7 Å². The quantitative estimate of drug-likeness (QED) is 0.671. The molecule has 0 aliphatic heterocycles. The average Bonchev–Trinajstić information content (AvgIpc) is 3.10. The van der Waals surface area contributed by atoms with Gasteiger partial charge in [-0.05, 0) is 23.8 Å². The van der Waals surface area contributed by atoms with E-state index in [-0.39, 0.29) is 0 Å². The maximum atomic E-state index is 5.96. The first-order chi connectivity index (χ1) is 11.7. The molecule has 0 aliphatic rings. The fourth-order valence-corrected chi connectivity index (χ4v) is 2.62. The van der Waals surface area contributed by atoms with E-state index in [0.717, 1.165) is 11.1 Å². The fourth-order valence-electron chi connectivity index (χ4n) is 2.50. The zero-order chi connectivity index (χ0) is 17.1. The van der Waals surface area contributed by atoms with E-state index in [4.69, 9.17) is 30.3 Å². The SMILES string of the molecule is COc1cc(OC)c(OC)c(-c2nocc2-c2ccc(Cl)cc2)c1. The molecule has 1 heterocycles. The van der Waals surface area contributed by atoms with Gasteiger partial charge in [-0.25, -0.2) is 0 Å². The minimum atomic E-state index is 0.553. The molecule has 0 N–H and O–H groups in total. The standard InChI is InChI=1S/C18H16ClNO4/c1-21-13-8-14(18(23-3)16(9-13)22-2)17-15(10-24-20-17)11-4-6-12(19)7-5-11/h4-10H,1-3H3. The number of halogens is 1. The Morgan fingerprint density at radius 2 is 1.67 bits per heavy atom. The van der Waals surface area contributed by atoms with Crippen LogP contribution in [0.1, 0.15) is 0 Å². The Balaban J connectivity index is 2.20. The first-order valence-electron chi connectivity index (χ1n) is 7.18. The van der Waals surface area contributed by atoms with E-state index < -0.39 is 0 Å². The molecule has 0 saturated carbocycles. The Morgan fingerprint density at radius 1 is 0.917 bits per heavy atom. The molecule has 0 bridgehead atoms. The second-order valence-corrected chi connectivity index (χ2v) is 5.43. The molecular formula is C18H16ClNO4. The van der Waals surface area contributed by atoms with Crippen LogP contribution in [0.4, 0.5) is 0 Å². The van der Waals surface area contributed by atoms with Crippen molar-refractivity contribution in [2.75, 3.05) is 21.3 Å². The summed E-state index contributed by atoms with van der Waals surface area (Å²) >= 11 is 5.96. The number of benzene rings is 2. The fraction of sp³-hybridized carbons (Fsp3) is 0.167. The monoisotopic (exact) mass is 345 g/mol. The topological polar surface area (TPSA) is 53.7 Å². The molecule has 0 atom stereocenters. The summed E-state index contributed by atoms with van der Waals surface area (Å²) in [6.07, 6.45) is 1.59. The van der Waals surface area contributed by atoms with E-state index >= 15 is 0 Å². The molecule has 124 valence electrons. The molecule has 3 aromatic rings. The maximum absolute atomic E-state index is 5.96. The predicted molar refractivity (Wildman–Crippen MR) is 92.0 cm³/mol. The highest BCUT2D eigenvalue weighted by atomic mass is 35.5. The van der Waals surface area contributed by atoms with E-state index in [2.05, 4.69) is 5.16 Å². The van der Waals surface area contributed by atoms with Gasteiger partial charge in [-0.1, -0.05) is 28.9 Å². The van der Waals surface area contributed by atoms with Gasteiger partial charge in [0.2, 0.25) is 0 Å². The second kappa shape index (κ2) is 6.84. The van der Waals surface area contributed by atoms with Crippen molar-refractivity contribution in [2.45, 2.75) is 0 Å². The zero-order valence-corrected chi connectivity index (χ0v) is 14.3. The molecule has 5 nitrogen and oxygen atoms in total.